The summed E-state index contributed by atoms with van der Waals surface area (Å²) in [6.45, 7) is 9.16. The zero-order valence-electron chi connectivity index (χ0n) is 15.9. The van der Waals surface area contributed by atoms with Crippen LogP contribution >= 0.6 is 0 Å². The molecule has 2 saturated carbocycles. The van der Waals surface area contributed by atoms with Crippen LogP contribution in [0.3, 0.4) is 0 Å². The summed E-state index contributed by atoms with van der Waals surface area (Å²) in [6.07, 6.45) is 9.45. The summed E-state index contributed by atoms with van der Waals surface area (Å²) in [4.78, 5) is 12.6. The molecule has 4 aliphatic rings. The summed E-state index contributed by atoms with van der Waals surface area (Å²) in [6, 6.07) is 0. The van der Waals surface area contributed by atoms with Crippen molar-refractivity contribution in [1.29, 1.82) is 0 Å². The van der Waals surface area contributed by atoms with Gasteiger partial charge >= 0.3 is 5.97 Å². The molecule has 3 nitrogen and oxygen atoms in total. The van der Waals surface area contributed by atoms with E-state index in [0.717, 1.165) is 32.1 Å². The molecule has 0 aromatic carbocycles. The predicted octanol–water partition coefficient (Wildman–Crippen LogP) is 4.51. The molecule has 24 heavy (non-hydrogen) atoms. The van der Waals surface area contributed by atoms with Crippen LogP contribution in [0.2, 0.25) is 0 Å². The Hall–Kier alpha value is -0.830. The lowest BCUT2D eigenvalue weighted by atomic mass is 9.44. The third kappa shape index (κ3) is 1.91. The third-order valence-electron chi connectivity index (χ3n) is 8.12. The van der Waals surface area contributed by atoms with Gasteiger partial charge < -0.3 is 9.47 Å². The summed E-state index contributed by atoms with van der Waals surface area (Å²) in [5, 5.41) is 0. The van der Waals surface area contributed by atoms with E-state index in [2.05, 4.69) is 33.8 Å². The summed E-state index contributed by atoms with van der Waals surface area (Å²) < 4.78 is 11.7. The highest BCUT2D eigenvalue weighted by atomic mass is 16.6. The lowest BCUT2D eigenvalue weighted by molar-refractivity contribution is -0.174. The van der Waals surface area contributed by atoms with Crippen LogP contribution in [0.4, 0.5) is 0 Å². The minimum atomic E-state index is -0.324. The van der Waals surface area contributed by atoms with E-state index in [1.807, 2.05) is 0 Å². The largest absolute Gasteiger partial charge is 0.469 e. The average Bonchev–Trinajstić information content (AvgIpc) is 3.26. The van der Waals surface area contributed by atoms with Gasteiger partial charge in [0.05, 0.1) is 12.5 Å². The fraction of sp³-hybridized carbons (Fsp3) is 0.857. The van der Waals surface area contributed by atoms with Gasteiger partial charge in [-0.2, -0.15) is 0 Å². The van der Waals surface area contributed by atoms with Crippen molar-refractivity contribution < 1.29 is 14.3 Å². The molecule has 134 valence electrons. The summed E-state index contributed by atoms with van der Waals surface area (Å²) in [5.41, 5.74) is 1.46. The Balaban J connectivity index is 1.70. The number of hydrogen-bond donors (Lipinski definition) is 0. The molecule has 1 heterocycles. The summed E-state index contributed by atoms with van der Waals surface area (Å²) in [7, 11) is 1.54. The molecule has 0 N–H and O–H groups in total. The molecule has 0 aromatic heterocycles. The molecule has 3 fully saturated rings. The minimum Gasteiger partial charge on any atom is -0.469 e. The number of esters is 1. The van der Waals surface area contributed by atoms with Crippen LogP contribution in [0, 0.1) is 28.6 Å². The van der Waals surface area contributed by atoms with Crippen LogP contribution in [0.15, 0.2) is 11.6 Å². The van der Waals surface area contributed by atoms with Gasteiger partial charge in [-0.25, -0.2) is 0 Å². The van der Waals surface area contributed by atoms with Gasteiger partial charge in [0.15, 0.2) is 0 Å². The molecule has 6 atom stereocenters. The maximum Gasteiger partial charge on any atom is 0.311 e. The van der Waals surface area contributed by atoms with E-state index in [1.165, 1.54) is 12.0 Å². The Morgan fingerprint density at radius 2 is 2.00 bits per heavy atom. The van der Waals surface area contributed by atoms with Crippen LogP contribution in [-0.2, 0) is 14.3 Å². The molecule has 0 unspecified atom stereocenters. The van der Waals surface area contributed by atoms with Crippen molar-refractivity contribution in [2.24, 2.45) is 28.6 Å². The van der Waals surface area contributed by atoms with Crippen LogP contribution in [-0.4, -0.2) is 24.8 Å². The molecule has 0 bridgehead atoms. The highest BCUT2D eigenvalue weighted by Gasteiger charge is 2.72. The van der Waals surface area contributed by atoms with E-state index in [1.54, 1.807) is 7.11 Å². The van der Waals surface area contributed by atoms with Crippen LogP contribution in [0.1, 0.15) is 66.2 Å². The molecule has 0 amide bonds. The topological polar surface area (TPSA) is 38.8 Å². The molecule has 1 aliphatic heterocycles. The van der Waals surface area contributed by atoms with Gasteiger partial charge in [-0.15, -0.1) is 0 Å². The molecule has 1 saturated heterocycles. The van der Waals surface area contributed by atoms with Gasteiger partial charge in [0, 0.05) is 0 Å². The number of allylic oxidation sites excluding steroid dienone is 1. The van der Waals surface area contributed by atoms with Gasteiger partial charge in [0.1, 0.15) is 11.7 Å². The van der Waals surface area contributed by atoms with E-state index in [-0.39, 0.29) is 22.4 Å². The first-order valence-electron chi connectivity index (χ1n) is 9.76. The highest BCUT2D eigenvalue weighted by Crippen LogP contribution is 2.70. The molecule has 0 aromatic rings. The summed E-state index contributed by atoms with van der Waals surface area (Å²) >= 11 is 0. The fourth-order valence-corrected chi connectivity index (χ4v) is 6.92. The number of methoxy groups -OCH3 is 1. The van der Waals surface area contributed by atoms with Crippen molar-refractivity contribution in [3.8, 4) is 0 Å². The lowest BCUT2D eigenvalue weighted by Crippen LogP contribution is -2.58. The zero-order valence-corrected chi connectivity index (χ0v) is 15.9. The van der Waals surface area contributed by atoms with Gasteiger partial charge in [0.2, 0.25) is 0 Å². The second-order valence-corrected chi connectivity index (χ2v) is 9.46. The molecule has 1 spiro atoms. The second kappa shape index (κ2) is 5.09. The highest BCUT2D eigenvalue weighted by molar-refractivity contribution is 5.77. The SMILES string of the molecule is COC(=O)[C@]1(C)CCC[C@@]2(C)[C@H]1CC[C@@]13O[C@@H]1C(C(C)C)=CC[C@@H]23. The molecule has 3 aliphatic carbocycles. The van der Waals surface area contributed by atoms with Crippen molar-refractivity contribution in [2.75, 3.05) is 7.11 Å². The first-order chi connectivity index (χ1) is 11.3. The Kier molecular flexibility index (Phi) is 3.53. The molecule has 0 radical (unpaired) electrons. The Morgan fingerprint density at radius 1 is 1.25 bits per heavy atom. The third-order valence-corrected chi connectivity index (χ3v) is 8.12. The Morgan fingerprint density at radius 3 is 2.67 bits per heavy atom. The predicted molar refractivity (Wildman–Crippen MR) is 93.4 cm³/mol. The fourth-order valence-electron chi connectivity index (χ4n) is 6.92. The van der Waals surface area contributed by atoms with Crippen molar-refractivity contribution in [3.05, 3.63) is 11.6 Å². The minimum absolute atomic E-state index is 0.00291. The molecular weight excluding hydrogens is 300 g/mol. The van der Waals surface area contributed by atoms with Crippen LogP contribution in [0.25, 0.3) is 0 Å². The van der Waals surface area contributed by atoms with Gasteiger partial charge in [0.25, 0.3) is 0 Å². The number of carbonyl (C=O) groups excluding carboxylic acids is 1. The number of epoxide rings is 1. The van der Waals surface area contributed by atoms with Crippen LogP contribution in [0.5, 0.6) is 0 Å². The quantitative estimate of drug-likeness (QED) is 0.424. The number of fused-ring (bicyclic) bond motifs is 2. The van der Waals surface area contributed by atoms with Crippen LogP contribution < -0.4 is 0 Å². The number of ether oxygens (including phenoxy) is 2. The van der Waals surface area contributed by atoms with Crippen molar-refractivity contribution >= 4 is 5.97 Å². The Bertz CT molecular complexity index is 594. The number of carbonyl (C=O) groups is 1. The maximum absolute atomic E-state index is 12.6. The van der Waals surface area contributed by atoms with E-state index >= 15 is 0 Å². The average molecular weight is 332 g/mol. The number of hydrogen-bond acceptors (Lipinski definition) is 3. The van der Waals surface area contributed by atoms with Gasteiger partial charge in [-0.1, -0.05) is 33.3 Å². The molecule has 4 rings (SSSR count). The van der Waals surface area contributed by atoms with E-state index in [9.17, 15) is 4.79 Å². The van der Waals surface area contributed by atoms with Crippen molar-refractivity contribution in [1.82, 2.24) is 0 Å². The zero-order chi connectivity index (χ0) is 17.3. The monoisotopic (exact) mass is 332 g/mol. The summed E-state index contributed by atoms with van der Waals surface area (Å²) in [5.74, 6) is 1.55. The first kappa shape index (κ1) is 16.6. The maximum atomic E-state index is 12.6. The van der Waals surface area contributed by atoms with Crippen molar-refractivity contribution in [2.45, 2.75) is 77.9 Å². The van der Waals surface area contributed by atoms with Gasteiger partial charge in [-0.3, -0.25) is 4.79 Å². The van der Waals surface area contributed by atoms with Crippen molar-refractivity contribution in [3.63, 3.8) is 0 Å². The van der Waals surface area contributed by atoms with Gasteiger partial charge in [-0.05, 0) is 67.8 Å². The number of rotatable bonds is 2. The van der Waals surface area contributed by atoms with E-state index in [4.69, 9.17) is 9.47 Å². The van der Waals surface area contributed by atoms with E-state index in [0.29, 0.717) is 23.9 Å². The Labute approximate surface area is 146 Å². The molecule has 3 heteroatoms. The standard InChI is InChI=1S/C21H32O3/c1-13(2)14-7-8-16-19(3)10-6-11-20(4,18(22)23-5)15(19)9-12-21(16)17(14)24-21/h7,13,15-17H,6,8-12H2,1-5H3/t15-,16+,17-,19+,20-,21+/m1/s1. The normalized spacial score (nSPS) is 49.6. The second-order valence-electron chi connectivity index (χ2n) is 9.46. The first-order valence-corrected chi connectivity index (χ1v) is 9.76. The van der Waals surface area contributed by atoms with E-state index < -0.39 is 0 Å². The smallest absolute Gasteiger partial charge is 0.311 e. The molecular formula is C21H32O3. The lowest BCUT2D eigenvalue weighted by Gasteiger charge is -2.59.